The zero-order chi connectivity index (χ0) is 9.14. The highest BCUT2D eigenvalue weighted by atomic mass is 16.5. The Morgan fingerprint density at radius 2 is 2.33 bits per heavy atom. The number of likely N-dealkylation sites (N-methyl/N-ethyl adjacent to an activating group) is 1. The number of carbonyl (C=O) groups excluding carboxylic acids is 1. The molecule has 1 rings (SSSR count). The number of amides is 1. The maximum absolute atomic E-state index is 11.0. The second-order valence-corrected chi connectivity index (χ2v) is 3.15. The van der Waals surface area contributed by atoms with E-state index < -0.39 is 18.1 Å². The topological polar surface area (TPSA) is 72.8 Å². The summed E-state index contributed by atoms with van der Waals surface area (Å²) in [5.41, 5.74) is 1.59. The summed E-state index contributed by atoms with van der Waals surface area (Å²) < 4.78 is 0. The third-order valence-electron chi connectivity index (χ3n) is 2.26. The predicted octanol–water partition coefficient (Wildman–Crippen LogP) is -1.05. The van der Waals surface area contributed by atoms with Crippen molar-refractivity contribution in [2.24, 2.45) is 0 Å². The summed E-state index contributed by atoms with van der Waals surface area (Å²) in [4.78, 5) is 12.8. The summed E-state index contributed by atoms with van der Waals surface area (Å²) in [6.07, 6.45) is 0.651. The lowest BCUT2D eigenvalue weighted by atomic mass is 10.00. The Kier molecular flexibility index (Phi) is 3.02. The van der Waals surface area contributed by atoms with E-state index >= 15 is 0 Å². The van der Waals surface area contributed by atoms with Crippen LogP contribution in [0.3, 0.4) is 0 Å². The molecule has 1 fully saturated rings. The van der Waals surface area contributed by atoms with E-state index in [1.54, 1.807) is 12.5 Å². The van der Waals surface area contributed by atoms with Gasteiger partial charge in [0.15, 0.2) is 0 Å². The van der Waals surface area contributed by atoms with Gasteiger partial charge in [-0.1, -0.05) is 0 Å². The average molecular weight is 174 g/mol. The highest BCUT2D eigenvalue weighted by molar-refractivity contribution is 5.80. The fourth-order valence-corrected chi connectivity index (χ4v) is 1.45. The maximum Gasteiger partial charge on any atom is 0.260 e. The first-order valence-corrected chi connectivity index (χ1v) is 3.97. The van der Waals surface area contributed by atoms with Gasteiger partial charge >= 0.3 is 0 Å². The van der Waals surface area contributed by atoms with Gasteiger partial charge in [0.2, 0.25) is 0 Å². The number of aliphatic hydroxyl groups excluding tert-OH is 1. The van der Waals surface area contributed by atoms with Crippen molar-refractivity contribution in [2.75, 3.05) is 13.6 Å². The molecule has 1 saturated heterocycles. The number of rotatable bonds is 1. The van der Waals surface area contributed by atoms with Crippen LogP contribution < -0.4 is 5.48 Å². The number of likely N-dealkylation sites (tertiary alicyclic amines) is 1. The van der Waals surface area contributed by atoms with Crippen LogP contribution in [0.15, 0.2) is 0 Å². The minimum atomic E-state index is -0.448. The van der Waals surface area contributed by atoms with Crippen molar-refractivity contribution in [1.29, 1.82) is 0 Å². The molecule has 1 aliphatic heterocycles. The summed E-state index contributed by atoms with van der Waals surface area (Å²) in [5.74, 6) is -0.448. The van der Waals surface area contributed by atoms with Crippen molar-refractivity contribution in [2.45, 2.75) is 25.0 Å². The molecule has 3 N–H and O–H groups in total. The van der Waals surface area contributed by atoms with Crippen molar-refractivity contribution in [3.8, 4) is 0 Å². The summed E-state index contributed by atoms with van der Waals surface area (Å²) in [7, 11) is 1.80. The molecule has 2 atom stereocenters. The van der Waals surface area contributed by atoms with Crippen molar-refractivity contribution in [3.63, 3.8) is 0 Å². The van der Waals surface area contributed by atoms with Crippen LogP contribution >= 0.6 is 0 Å². The summed E-state index contributed by atoms with van der Waals surface area (Å²) in [5, 5.41) is 17.6. The van der Waals surface area contributed by atoms with Gasteiger partial charge in [0.25, 0.3) is 5.91 Å². The number of nitrogens with one attached hydrogen (secondary N) is 1. The fraction of sp³-hybridized carbons (Fsp3) is 0.857. The number of aliphatic hydroxyl groups is 1. The van der Waals surface area contributed by atoms with Crippen molar-refractivity contribution in [3.05, 3.63) is 0 Å². The van der Waals surface area contributed by atoms with Gasteiger partial charge in [-0.3, -0.25) is 14.9 Å². The zero-order valence-corrected chi connectivity index (χ0v) is 7.03. The molecule has 0 radical (unpaired) electrons. The fourth-order valence-electron chi connectivity index (χ4n) is 1.45. The number of hydroxylamine groups is 1. The molecular formula is C7H14N2O3. The molecule has 1 amide bonds. The number of carbonyl (C=O) groups is 1. The largest absolute Gasteiger partial charge is 0.393 e. The van der Waals surface area contributed by atoms with Crippen molar-refractivity contribution < 1.29 is 15.1 Å². The van der Waals surface area contributed by atoms with Gasteiger partial charge in [-0.15, -0.1) is 0 Å². The molecular weight excluding hydrogens is 160 g/mol. The van der Waals surface area contributed by atoms with E-state index in [2.05, 4.69) is 0 Å². The Morgan fingerprint density at radius 3 is 2.92 bits per heavy atom. The maximum atomic E-state index is 11.0. The minimum Gasteiger partial charge on any atom is -0.393 e. The molecule has 0 aromatic carbocycles. The molecule has 1 heterocycles. The Balaban J connectivity index is 2.54. The molecule has 0 bridgehead atoms. The molecule has 0 saturated carbocycles. The Bertz CT molecular complexity index is 174. The van der Waals surface area contributed by atoms with Gasteiger partial charge in [-0.25, -0.2) is 5.48 Å². The smallest absolute Gasteiger partial charge is 0.260 e. The molecule has 2 unspecified atom stereocenters. The Hall–Kier alpha value is -0.650. The van der Waals surface area contributed by atoms with E-state index in [1.807, 2.05) is 4.90 Å². The van der Waals surface area contributed by atoms with Crippen LogP contribution in [0.5, 0.6) is 0 Å². The van der Waals surface area contributed by atoms with Gasteiger partial charge < -0.3 is 5.11 Å². The zero-order valence-electron chi connectivity index (χ0n) is 7.03. The Labute approximate surface area is 70.9 Å². The molecule has 0 aromatic heterocycles. The molecule has 0 aliphatic carbocycles. The SMILES string of the molecule is CN1CCC(O)CC1C(=O)NO. The van der Waals surface area contributed by atoms with E-state index in [9.17, 15) is 9.90 Å². The van der Waals surface area contributed by atoms with Gasteiger partial charge in [0.1, 0.15) is 0 Å². The normalized spacial score (nSPS) is 31.6. The minimum absolute atomic E-state index is 0.392. The summed E-state index contributed by atoms with van der Waals surface area (Å²) in [6.45, 7) is 0.680. The second-order valence-electron chi connectivity index (χ2n) is 3.15. The van der Waals surface area contributed by atoms with Crippen LogP contribution in [0.4, 0.5) is 0 Å². The van der Waals surface area contributed by atoms with Crippen LogP contribution in [0.2, 0.25) is 0 Å². The van der Waals surface area contributed by atoms with Crippen LogP contribution in [0, 0.1) is 0 Å². The van der Waals surface area contributed by atoms with Gasteiger partial charge in [-0.05, 0) is 19.9 Å². The number of hydrogen-bond donors (Lipinski definition) is 3. The van der Waals surface area contributed by atoms with E-state index in [0.29, 0.717) is 19.4 Å². The highest BCUT2D eigenvalue weighted by Gasteiger charge is 2.29. The van der Waals surface area contributed by atoms with E-state index in [0.717, 1.165) is 0 Å². The third kappa shape index (κ3) is 1.94. The van der Waals surface area contributed by atoms with E-state index in [1.165, 1.54) is 0 Å². The summed E-state index contributed by atoms with van der Waals surface area (Å²) >= 11 is 0. The molecule has 0 aromatic rings. The molecule has 70 valence electrons. The lowest BCUT2D eigenvalue weighted by Gasteiger charge is -2.33. The second kappa shape index (κ2) is 3.84. The monoisotopic (exact) mass is 174 g/mol. The first kappa shape index (κ1) is 9.44. The van der Waals surface area contributed by atoms with E-state index in [4.69, 9.17) is 5.21 Å². The number of hydrogen-bond acceptors (Lipinski definition) is 4. The van der Waals surface area contributed by atoms with Crippen molar-refractivity contribution in [1.82, 2.24) is 10.4 Å². The highest BCUT2D eigenvalue weighted by Crippen LogP contribution is 2.15. The van der Waals surface area contributed by atoms with Gasteiger partial charge in [-0.2, -0.15) is 0 Å². The van der Waals surface area contributed by atoms with E-state index in [-0.39, 0.29) is 0 Å². The lowest BCUT2D eigenvalue weighted by Crippen LogP contribution is -2.50. The van der Waals surface area contributed by atoms with Crippen LogP contribution in [0.1, 0.15) is 12.8 Å². The Morgan fingerprint density at radius 1 is 1.67 bits per heavy atom. The lowest BCUT2D eigenvalue weighted by molar-refractivity contribution is -0.137. The molecule has 1 aliphatic rings. The van der Waals surface area contributed by atoms with Crippen LogP contribution in [0.25, 0.3) is 0 Å². The first-order valence-electron chi connectivity index (χ1n) is 3.97. The molecule has 5 heteroatoms. The standard InChI is InChI=1S/C7H14N2O3/c1-9-3-2-5(10)4-6(9)7(11)8-12/h5-6,10,12H,2-4H2,1H3,(H,8,11). The molecule has 0 spiro atoms. The molecule has 5 nitrogen and oxygen atoms in total. The third-order valence-corrected chi connectivity index (χ3v) is 2.26. The quantitative estimate of drug-likeness (QED) is 0.350. The molecule has 12 heavy (non-hydrogen) atoms. The number of nitrogens with zero attached hydrogens (tertiary/aromatic N) is 1. The average Bonchev–Trinajstić information content (AvgIpc) is 2.08. The predicted molar refractivity (Wildman–Crippen MR) is 41.6 cm³/mol. The van der Waals surface area contributed by atoms with Crippen LogP contribution in [-0.2, 0) is 4.79 Å². The van der Waals surface area contributed by atoms with Gasteiger partial charge in [0.05, 0.1) is 12.1 Å². The van der Waals surface area contributed by atoms with Crippen molar-refractivity contribution >= 4 is 5.91 Å². The number of piperidine rings is 1. The van der Waals surface area contributed by atoms with Crippen LogP contribution in [-0.4, -0.2) is 46.9 Å². The van der Waals surface area contributed by atoms with Gasteiger partial charge in [0, 0.05) is 6.54 Å². The first-order chi connectivity index (χ1) is 5.65. The summed E-state index contributed by atoms with van der Waals surface area (Å²) in [6, 6.07) is -0.404.